The topological polar surface area (TPSA) is 0 Å². The molecule has 0 aliphatic carbocycles. The quantitative estimate of drug-likeness (QED) is 0.133. The maximum atomic E-state index is 3.62. The van der Waals surface area contributed by atoms with Gasteiger partial charge in [-0.15, -0.1) is 10.9 Å². The Morgan fingerprint density at radius 1 is 0.404 bits per heavy atom. The number of hydrogen-bond donors (Lipinski definition) is 0. The largest absolute Gasteiger partial charge is 3.00 e. The summed E-state index contributed by atoms with van der Waals surface area (Å²) in [4.78, 5) is 0. The maximum absolute atomic E-state index is 3.62. The normalized spacial score (nSPS) is 10.6. The SMILES string of the molecule is Cc1ccc(P(c2ccc(C)cc2)c2cc[c-]c(C)c2-c2c(C)cccc2P(c2ccc(C)cc2)c2ccc(C)cc2)cc1.[Cl-].[Cl-].[Ru+3]. The van der Waals surface area contributed by atoms with Crippen LogP contribution in [0.5, 0.6) is 0 Å². The van der Waals surface area contributed by atoms with Crippen molar-refractivity contribution in [3.8, 4) is 11.1 Å². The third-order valence-electron chi connectivity index (χ3n) is 8.32. The Kier molecular flexibility index (Phi) is 14.2. The van der Waals surface area contributed by atoms with Crippen molar-refractivity contribution in [1.29, 1.82) is 0 Å². The van der Waals surface area contributed by atoms with Gasteiger partial charge in [0.05, 0.1) is 0 Å². The van der Waals surface area contributed by atoms with Gasteiger partial charge in [-0.3, -0.25) is 0 Å². The van der Waals surface area contributed by atoms with Crippen molar-refractivity contribution in [1.82, 2.24) is 0 Å². The van der Waals surface area contributed by atoms with Gasteiger partial charge >= 0.3 is 19.5 Å². The van der Waals surface area contributed by atoms with E-state index < -0.39 is 15.8 Å². The van der Waals surface area contributed by atoms with E-state index in [0.29, 0.717) is 0 Å². The van der Waals surface area contributed by atoms with Crippen LogP contribution in [0.3, 0.4) is 0 Å². The van der Waals surface area contributed by atoms with Crippen molar-refractivity contribution in [2.75, 3.05) is 0 Å². The molecule has 0 N–H and O–H groups in total. The van der Waals surface area contributed by atoms with E-state index in [9.17, 15) is 0 Å². The van der Waals surface area contributed by atoms with Gasteiger partial charge in [-0.2, -0.15) is 23.8 Å². The molecule has 5 heteroatoms. The van der Waals surface area contributed by atoms with Gasteiger partial charge in [-0.1, -0.05) is 156 Å². The van der Waals surface area contributed by atoms with Gasteiger partial charge in [0, 0.05) is 0 Å². The Bertz CT molecular complexity index is 1670. The fourth-order valence-corrected chi connectivity index (χ4v) is 10.9. The molecule has 6 aromatic rings. The Morgan fingerprint density at radius 2 is 0.745 bits per heavy atom. The second-order valence-corrected chi connectivity index (χ2v) is 16.2. The first-order valence-corrected chi connectivity index (χ1v) is 18.0. The molecule has 0 nitrogen and oxygen atoms in total. The zero-order chi connectivity index (χ0) is 30.8. The van der Waals surface area contributed by atoms with Gasteiger partial charge in [-0.25, -0.2) is 0 Å². The van der Waals surface area contributed by atoms with Crippen molar-refractivity contribution in [2.24, 2.45) is 0 Å². The molecule has 0 saturated heterocycles. The van der Waals surface area contributed by atoms with Crippen molar-refractivity contribution < 1.29 is 44.3 Å². The summed E-state index contributed by atoms with van der Waals surface area (Å²) in [5.41, 5.74) is 10.3. The molecule has 0 unspecified atom stereocenters. The van der Waals surface area contributed by atoms with E-state index in [1.807, 2.05) is 0 Å². The van der Waals surface area contributed by atoms with Crippen LogP contribution in [0.1, 0.15) is 33.4 Å². The monoisotopic (exact) mass is 777 g/mol. The van der Waals surface area contributed by atoms with Crippen LogP contribution in [-0.4, -0.2) is 0 Å². The number of benzene rings is 6. The number of rotatable bonds is 7. The van der Waals surface area contributed by atoms with E-state index in [1.54, 1.807) is 0 Å². The number of halogens is 2. The van der Waals surface area contributed by atoms with E-state index in [2.05, 4.69) is 175 Å². The van der Waals surface area contributed by atoms with E-state index in [4.69, 9.17) is 0 Å². The Morgan fingerprint density at radius 3 is 1.11 bits per heavy atom. The molecule has 0 aliphatic heterocycles. The molecule has 0 fully saturated rings. The van der Waals surface area contributed by atoms with Crippen molar-refractivity contribution in [3.05, 3.63) is 167 Å². The Balaban J connectivity index is 0.00000200. The van der Waals surface area contributed by atoms with Crippen molar-refractivity contribution in [2.45, 2.75) is 41.5 Å². The summed E-state index contributed by atoms with van der Waals surface area (Å²) < 4.78 is 0. The first-order valence-electron chi connectivity index (χ1n) is 15.3. The third-order valence-corrected chi connectivity index (χ3v) is 13.3. The summed E-state index contributed by atoms with van der Waals surface area (Å²) in [6.45, 7) is 13.2. The van der Waals surface area contributed by atoms with Crippen LogP contribution >= 0.6 is 15.8 Å². The van der Waals surface area contributed by atoms with Crippen LogP contribution in [0.25, 0.3) is 11.1 Å². The maximum Gasteiger partial charge on any atom is 3.00 e. The standard InChI is InChI=1S/C42H39P2.2ClH.Ru/c1-29-13-21-35(22-14-29)43(36-23-15-30(2)16-24-36)39-11-7-9-33(5)41(39)42-34(6)10-8-12-40(42)44(37-25-17-31(3)18-26-37)38-27-19-32(4)20-28-38;;;/h7-9,11-28H,1-6H3;2*1H;/q-1;;;+3/p-2. The van der Waals surface area contributed by atoms with E-state index >= 15 is 0 Å². The molecule has 0 atom stereocenters. The number of aryl methyl sites for hydroxylation is 6. The molecule has 239 valence electrons. The molecule has 0 aliphatic rings. The molecule has 0 bridgehead atoms. The molecular formula is C42H39Cl2P2Ru. The molecule has 0 aromatic heterocycles. The fourth-order valence-electron chi connectivity index (χ4n) is 5.89. The zero-order valence-corrected chi connectivity index (χ0v) is 32.7. The van der Waals surface area contributed by atoms with E-state index in [1.165, 1.54) is 76.3 Å². The molecule has 0 spiro atoms. The first kappa shape index (κ1) is 38.8. The van der Waals surface area contributed by atoms with Crippen LogP contribution in [0.4, 0.5) is 0 Å². The van der Waals surface area contributed by atoms with Gasteiger partial charge in [0.1, 0.15) is 0 Å². The van der Waals surface area contributed by atoms with E-state index in [-0.39, 0.29) is 44.3 Å². The fraction of sp³-hybridized carbons (Fsp3) is 0.143. The summed E-state index contributed by atoms with van der Waals surface area (Å²) >= 11 is 0. The summed E-state index contributed by atoms with van der Waals surface area (Å²) in [5, 5.41) is 8.28. The van der Waals surface area contributed by atoms with Crippen LogP contribution in [-0.2, 0) is 19.5 Å². The Labute approximate surface area is 309 Å². The zero-order valence-electron chi connectivity index (χ0n) is 27.6. The molecule has 1 radical (unpaired) electrons. The van der Waals surface area contributed by atoms with Gasteiger partial charge in [-0.05, 0) is 77.0 Å². The third kappa shape index (κ3) is 8.52. The van der Waals surface area contributed by atoms with Crippen LogP contribution in [0.2, 0.25) is 0 Å². The summed E-state index contributed by atoms with van der Waals surface area (Å²) in [6.07, 6.45) is 0. The predicted octanol–water partition coefficient (Wildman–Crippen LogP) is 2.53. The number of hydrogen-bond acceptors (Lipinski definition) is 0. The van der Waals surface area contributed by atoms with Gasteiger partial charge in [0.15, 0.2) is 0 Å². The molecule has 47 heavy (non-hydrogen) atoms. The van der Waals surface area contributed by atoms with Gasteiger partial charge in [0.25, 0.3) is 0 Å². The molecule has 0 amide bonds. The van der Waals surface area contributed by atoms with E-state index in [0.717, 1.165) is 0 Å². The average Bonchev–Trinajstić information content (AvgIpc) is 3.02. The van der Waals surface area contributed by atoms with Crippen LogP contribution < -0.4 is 56.6 Å². The second kappa shape index (κ2) is 17.2. The minimum Gasteiger partial charge on any atom is -1.00 e. The molecule has 6 aromatic carbocycles. The molecule has 0 heterocycles. The predicted molar refractivity (Wildman–Crippen MR) is 197 cm³/mol. The van der Waals surface area contributed by atoms with Gasteiger partial charge < -0.3 is 24.8 Å². The molecular weight excluding hydrogens is 738 g/mol. The summed E-state index contributed by atoms with van der Waals surface area (Å²) in [7, 11) is -1.60. The van der Waals surface area contributed by atoms with Crippen LogP contribution in [0, 0.1) is 47.6 Å². The van der Waals surface area contributed by atoms with Gasteiger partial charge in [0.2, 0.25) is 0 Å². The molecule has 0 saturated carbocycles. The smallest absolute Gasteiger partial charge is 1.00 e. The van der Waals surface area contributed by atoms with Crippen molar-refractivity contribution >= 4 is 47.7 Å². The minimum absolute atomic E-state index is 0. The first-order chi connectivity index (χ1) is 21.3. The van der Waals surface area contributed by atoms with Crippen LogP contribution in [0.15, 0.2) is 127 Å². The van der Waals surface area contributed by atoms with Crippen molar-refractivity contribution in [3.63, 3.8) is 0 Å². The summed E-state index contributed by atoms with van der Waals surface area (Å²) in [6, 6.07) is 51.8. The summed E-state index contributed by atoms with van der Waals surface area (Å²) in [5.74, 6) is 0. The average molecular weight is 778 g/mol. The molecule has 6 rings (SSSR count). The second-order valence-electron chi connectivity index (χ2n) is 11.8. The Hall–Kier alpha value is -2.62. The minimum atomic E-state index is -0.805.